The Labute approximate surface area is 127 Å². The summed E-state index contributed by atoms with van der Waals surface area (Å²) in [5.74, 6) is 0.0472. The smallest absolute Gasteiger partial charge is 0.189 e. The number of hydrogen-bond acceptors (Lipinski definition) is 5. The Morgan fingerprint density at radius 1 is 1.48 bits per heavy atom. The Morgan fingerprint density at radius 2 is 2.24 bits per heavy atom. The van der Waals surface area contributed by atoms with Gasteiger partial charge in [-0.1, -0.05) is 11.2 Å². The SMILES string of the molecule is CC(C)N(C)CCCCNCc1cccnc1C(N)=NO. The summed E-state index contributed by atoms with van der Waals surface area (Å²) < 4.78 is 0. The summed E-state index contributed by atoms with van der Waals surface area (Å²) in [5.41, 5.74) is 7.08. The van der Waals surface area contributed by atoms with Gasteiger partial charge in [0, 0.05) is 18.8 Å². The molecule has 1 aromatic heterocycles. The van der Waals surface area contributed by atoms with Crippen molar-refractivity contribution in [1.29, 1.82) is 0 Å². The van der Waals surface area contributed by atoms with Crippen molar-refractivity contribution in [3.63, 3.8) is 0 Å². The molecule has 1 aromatic rings. The van der Waals surface area contributed by atoms with Gasteiger partial charge in [-0.3, -0.25) is 4.98 Å². The first-order valence-corrected chi connectivity index (χ1v) is 7.39. The molecule has 0 spiro atoms. The Morgan fingerprint density at radius 3 is 2.90 bits per heavy atom. The van der Waals surface area contributed by atoms with Gasteiger partial charge in [0.25, 0.3) is 0 Å². The normalized spacial score (nSPS) is 12.3. The van der Waals surface area contributed by atoms with E-state index in [0.717, 1.165) is 25.1 Å². The fourth-order valence-corrected chi connectivity index (χ4v) is 1.95. The van der Waals surface area contributed by atoms with Crippen LogP contribution in [0.4, 0.5) is 0 Å². The second-order valence-electron chi connectivity index (χ2n) is 5.45. The van der Waals surface area contributed by atoms with Gasteiger partial charge in [0.1, 0.15) is 5.69 Å². The number of rotatable bonds is 9. The van der Waals surface area contributed by atoms with Crippen LogP contribution in [0.25, 0.3) is 0 Å². The van der Waals surface area contributed by atoms with Crippen LogP contribution in [-0.2, 0) is 6.54 Å². The highest BCUT2D eigenvalue weighted by Crippen LogP contribution is 2.05. The number of amidine groups is 1. The van der Waals surface area contributed by atoms with E-state index in [4.69, 9.17) is 10.9 Å². The van der Waals surface area contributed by atoms with Gasteiger partial charge in [-0.05, 0) is 58.5 Å². The van der Waals surface area contributed by atoms with E-state index < -0.39 is 0 Å². The molecule has 21 heavy (non-hydrogen) atoms. The third kappa shape index (κ3) is 6.10. The summed E-state index contributed by atoms with van der Waals surface area (Å²) in [6, 6.07) is 4.37. The molecule has 1 rings (SSSR count). The Kier molecular flexibility index (Phi) is 7.71. The van der Waals surface area contributed by atoms with Crippen LogP contribution in [0.15, 0.2) is 23.5 Å². The number of aromatic nitrogens is 1. The Hall–Kier alpha value is -1.66. The summed E-state index contributed by atoms with van der Waals surface area (Å²) in [6.07, 6.45) is 3.93. The molecule has 0 bridgehead atoms. The molecule has 0 aliphatic rings. The standard InChI is InChI=1S/C15H27N5O/c1-12(2)20(3)10-5-4-8-17-11-13-7-6-9-18-14(13)15(16)19-21/h6-7,9,12,17,21H,4-5,8,10-11H2,1-3H3,(H2,16,19). The van der Waals surface area contributed by atoms with Crippen LogP contribution in [0.2, 0.25) is 0 Å². The molecule has 4 N–H and O–H groups in total. The molecule has 0 unspecified atom stereocenters. The minimum Gasteiger partial charge on any atom is -0.409 e. The zero-order valence-corrected chi connectivity index (χ0v) is 13.2. The number of hydrogen-bond donors (Lipinski definition) is 3. The van der Waals surface area contributed by atoms with E-state index in [9.17, 15) is 0 Å². The van der Waals surface area contributed by atoms with Crippen LogP contribution in [0.5, 0.6) is 0 Å². The second-order valence-corrected chi connectivity index (χ2v) is 5.45. The van der Waals surface area contributed by atoms with E-state index in [1.54, 1.807) is 6.20 Å². The average Bonchev–Trinajstić information content (AvgIpc) is 2.49. The highest BCUT2D eigenvalue weighted by atomic mass is 16.4. The van der Waals surface area contributed by atoms with Crippen molar-refractivity contribution in [3.8, 4) is 0 Å². The molecule has 0 amide bonds. The molecule has 6 heteroatoms. The van der Waals surface area contributed by atoms with Crippen LogP contribution in [0.1, 0.15) is 37.9 Å². The highest BCUT2D eigenvalue weighted by Gasteiger charge is 2.07. The molecular weight excluding hydrogens is 266 g/mol. The minimum atomic E-state index is 0.0472. The van der Waals surface area contributed by atoms with Gasteiger partial charge in [-0.2, -0.15) is 0 Å². The fourth-order valence-electron chi connectivity index (χ4n) is 1.95. The van der Waals surface area contributed by atoms with Gasteiger partial charge < -0.3 is 21.2 Å². The molecule has 0 aliphatic carbocycles. The maximum atomic E-state index is 8.75. The van der Waals surface area contributed by atoms with Crippen molar-refractivity contribution >= 4 is 5.84 Å². The van der Waals surface area contributed by atoms with Gasteiger partial charge in [0.2, 0.25) is 0 Å². The first kappa shape index (κ1) is 17.4. The van der Waals surface area contributed by atoms with E-state index in [1.165, 1.54) is 6.42 Å². The highest BCUT2D eigenvalue weighted by molar-refractivity contribution is 5.96. The Bertz CT molecular complexity index is 447. The largest absolute Gasteiger partial charge is 0.409 e. The molecule has 0 aromatic carbocycles. The van der Waals surface area contributed by atoms with Gasteiger partial charge in [0.15, 0.2) is 5.84 Å². The molecule has 0 fully saturated rings. The average molecular weight is 293 g/mol. The van der Waals surface area contributed by atoms with Crippen molar-refractivity contribution in [2.75, 3.05) is 20.1 Å². The lowest BCUT2D eigenvalue weighted by Crippen LogP contribution is -2.28. The number of nitrogens with zero attached hydrogens (tertiary/aromatic N) is 3. The minimum absolute atomic E-state index is 0.0472. The zero-order chi connectivity index (χ0) is 15.7. The lowest BCUT2D eigenvalue weighted by Gasteiger charge is -2.20. The summed E-state index contributed by atoms with van der Waals surface area (Å²) in [7, 11) is 2.15. The lowest BCUT2D eigenvalue weighted by atomic mass is 10.1. The molecule has 1 heterocycles. The number of unbranched alkanes of at least 4 members (excludes halogenated alkanes) is 1. The van der Waals surface area contributed by atoms with Crippen LogP contribution >= 0.6 is 0 Å². The lowest BCUT2D eigenvalue weighted by molar-refractivity contribution is 0.268. The third-order valence-corrected chi connectivity index (χ3v) is 3.55. The van der Waals surface area contributed by atoms with E-state index in [2.05, 4.69) is 41.3 Å². The van der Waals surface area contributed by atoms with Crippen LogP contribution in [0.3, 0.4) is 0 Å². The maximum absolute atomic E-state index is 8.75. The molecule has 6 nitrogen and oxygen atoms in total. The third-order valence-electron chi connectivity index (χ3n) is 3.55. The second kappa shape index (κ2) is 9.31. The topological polar surface area (TPSA) is 86.8 Å². The summed E-state index contributed by atoms with van der Waals surface area (Å²) >= 11 is 0. The predicted octanol–water partition coefficient (Wildman–Crippen LogP) is 1.39. The molecule has 0 saturated heterocycles. The molecule has 118 valence electrons. The number of oxime groups is 1. The van der Waals surface area contributed by atoms with Gasteiger partial charge in [0.05, 0.1) is 0 Å². The summed E-state index contributed by atoms with van der Waals surface area (Å²) in [4.78, 5) is 6.49. The molecule has 0 radical (unpaired) electrons. The van der Waals surface area contributed by atoms with Crippen LogP contribution in [0, 0.1) is 0 Å². The van der Waals surface area contributed by atoms with E-state index >= 15 is 0 Å². The van der Waals surface area contributed by atoms with Crippen molar-refractivity contribution in [2.24, 2.45) is 10.9 Å². The van der Waals surface area contributed by atoms with Crippen molar-refractivity contribution in [1.82, 2.24) is 15.2 Å². The fraction of sp³-hybridized carbons (Fsp3) is 0.600. The van der Waals surface area contributed by atoms with Crippen molar-refractivity contribution in [3.05, 3.63) is 29.6 Å². The Balaban J connectivity index is 2.31. The van der Waals surface area contributed by atoms with Crippen molar-refractivity contribution < 1.29 is 5.21 Å². The van der Waals surface area contributed by atoms with Crippen LogP contribution < -0.4 is 11.1 Å². The van der Waals surface area contributed by atoms with Gasteiger partial charge in [-0.25, -0.2) is 0 Å². The maximum Gasteiger partial charge on any atom is 0.189 e. The van der Waals surface area contributed by atoms with E-state index in [1.807, 2.05) is 12.1 Å². The van der Waals surface area contributed by atoms with E-state index in [-0.39, 0.29) is 5.84 Å². The quantitative estimate of drug-likeness (QED) is 0.210. The first-order chi connectivity index (χ1) is 10.1. The summed E-state index contributed by atoms with van der Waals surface area (Å²) in [5, 5.41) is 15.1. The van der Waals surface area contributed by atoms with Crippen LogP contribution in [-0.4, -0.2) is 47.1 Å². The summed E-state index contributed by atoms with van der Waals surface area (Å²) in [6.45, 7) is 7.13. The van der Waals surface area contributed by atoms with E-state index in [0.29, 0.717) is 18.3 Å². The number of nitrogens with one attached hydrogen (secondary N) is 1. The monoisotopic (exact) mass is 293 g/mol. The predicted molar refractivity (Wildman–Crippen MR) is 85.5 cm³/mol. The van der Waals surface area contributed by atoms with Gasteiger partial charge >= 0.3 is 0 Å². The van der Waals surface area contributed by atoms with Gasteiger partial charge in [-0.15, -0.1) is 0 Å². The zero-order valence-electron chi connectivity index (χ0n) is 13.2. The molecular formula is C15H27N5O. The van der Waals surface area contributed by atoms with Crippen molar-refractivity contribution in [2.45, 2.75) is 39.3 Å². The molecule has 0 saturated carbocycles. The number of pyridine rings is 1. The first-order valence-electron chi connectivity index (χ1n) is 7.39. The molecule has 0 aliphatic heterocycles. The molecule has 0 atom stereocenters. The number of nitrogens with two attached hydrogens (primary N) is 1.